The highest BCUT2D eigenvalue weighted by molar-refractivity contribution is 7.89. The molecule has 1 aliphatic heterocycles. The van der Waals surface area contributed by atoms with Crippen LogP contribution in [0.1, 0.15) is 37.3 Å². The van der Waals surface area contributed by atoms with Crippen molar-refractivity contribution in [2.45, 2.75) is 37.5 Å². The summed E-state index contributed by atoms with van der Waals surface area (Å²) in [6, 6.07) is 6.50. The Morgan fingerprint density at radius 1 is 1.23 bits per heavy atom. The largest absolute Gasteiger partial charge is 0.494 e. The molecule has 0 saturated carbocycles. The summed E-state index contributed by atoms with van der Waals surface area (Å²) in [7, 11) is -3.62. The molecule has 0 spiro atoms. The summed E-state index contributed by atoms with van der Waals surface area (Å²) in [5.74, 6) is 1.25. The number of aromatic nitrogens is 4. The molecule has 30 heavy (non-hydrogen) atoms. The monoisotopic (exact) mass is 429 g/mol. The van der Waals surface area contributed by atoms with Crippen LogP contribution in [0, 0.1) is 6.92 Å². The van der Waals surface area contributed by atoms with Crippen molar-refractivity contribution in [1.82, 2.24) is 24.5 Å². The average molecular weight is 430 g/mol. The van der Waals surface area contributed by atoms with Gasteiger partial charge in [0.1, 0.15) is 12.1 Å². The lowest BCUT2D eigenvalue weighted by atomic mass is 10.00. The molecule has 1 fully saturated rings. The van der Waals surface area contributed by atoms with Crippen LogP contribution in [0.4, 0.5) is 0 Å². The van der Waals surface area contributed by atoms with Gasteiger partial charge in [0.2, 0.25) is 15.9 Å². The highest BCUT2D eigenvalue weighted by Crippen LogP contribution is 2.31. The van der Waals surface area contributed by atoms with Crippen LogP contribution in [0.2, 0.25) is 0 Å². The lowest BCUT2D eigenvalue weighted by Gasteiger charge is -2.30. The summed E-state index contributed by atoms with van der Waals surface area (Å²) in [4.78, 5) is 8.39. The molecule has 0 radical (unpaired) electrons. The Morgan fingerprint density at radius 3 is 2.77 bits per heavy atom. The number of hydrogen-bond donors (Lipinski definition) is 0. The minimum Gasteiger partial charge on any atom is -0.494 e. The normalized spacial score (nSPS) is 17.7. The number of hydrogen-bond acceptors (Lipinski definition) is 8. The summed E-state index contributed by atoms with van der Waals surface area (Å²) in [6.07, 6.45) is 4.58. The standard InChI is InChI=1S/C20H23N5O4S/c1-3-28-16-6-8-17(9-7-16)30(26,27)25-10-4-5-15(12-25)19-23-24-20(29-19)18-11-21-13-22-14(18)2/h6-9,11,13,15H,3-5,10,12H2,1-2H3/t15-/m0/s1. The molecule has 3 aromatic rings. The molecule has 0 N–H and O–H groups in total. The first-order valence-corrected chi connectivity index (χ1v) is 11.3. The summed E-state index contributed by atoms with van der Waals surface area (Å²) in [5, 5.41) is 8.28. The molecule has 0 aliphatic carbocycles. The number of piperidine rings is 1. The van der Waals surface area contributed by atoms with Crippen LogP contribution in [0.5, 0.6) is 5.75 Å². The third-order valence-electron chi connectivity index (χ3n) is 5.09. The Hall–Kier alpha value is -2.85. The van der Waals surface area contributed by atoms with E-state index in [1.165, 1.54) is 10.6 Å². The van der Waals surface area contributed by atoms with E-state index in [1.54, 1.807) is 30.5 Å². The van der Waals surface area contributed by atoms with E-state index in [4.69, 9.17) is 9.15 Å². The Balaban J connectivity index is 1.53. The summed E-state index contributed by atoms with van der Waals surface area (Å²) >= 11 is 0. The molecule has 0 bridgehead atoms. The number of sulfonamides is 1. The van der Waals surface area contributed by atoms with Crippen LogP contribution in [0.15, 0.2) is 46.1 Å². The van der Waals surface area contributed by atoms with Crippen LogP contribution in [0.3, 0.4) is 0 Å². The molecule has 0 amide bonds. The molecule has 1 saturated heterocycles. The van der Waals surface area contributed by atoms with E-state index in [-0.39, 0.29) is 10.8 Å². The maximum atomic E-state index is 13.1. The van der Waals surface area contributed by atoms with Gasteiger partial charge in [-0.2, -0.15) is 4.31 Å². The number of rotatable bonds is 6. The second-order valence-corrected chi connectivity index (χ2v) is 9.01. The third kappa shape index (κ3) is 4.05. The van der Waals surface area contributed by atoms with Crippen molar-refractivity contribution in [2.75, 3.05) is 19.7 Å². The maximum absolute atomic E-state index is 13.1. The van der Waals surface area contributed by atoms with Gasteiger partial charge in [-0.3, -0.25) is 0 Å². The highest BCUT2D eigenvalue weighted by Gasteiger charge is 2.33. The summed E-state index contributed by atoms with van der Waals surface area (Å²) in [6.45, 7) is 5.00. The first-order valence-electron chi connectivity index (χ1n) is 9.82. The fourth-order valence-corrected chi connectivity index (χ4v) is 5.02. The third-order valence-corrected chi connectivity index (χ3v) is 6.97. The predicted octanol–water partition coefficient (Wildman–Crippen LogP) is 2.80. The molecular formula is C20H23N5O4S. The minimum atomic E-state index is -3.62. The molecule has 2 aromatic heterocycles. The minimum absolute atomic E-state index is 0.164. The molecule has 10 heteroatoms. The van der Waals surface area contributed by atoms with Gasteiger partial charge in [-0.05, 0) is 51.0 Å². The van der Waals surface area contributed by atoms with E-state index in [2.05, 4.69) is 20.2 Å². The molecule has 3 heterocycles. The number of aryl methyl sites for hydroxylation is 1. The summed E-state index contributed by atoms with van der Waals surface area (Å²) in [5.41, 5.74) is 1.41. The van der Waals surface area contributed by atoms with Crippen LogP contribution in [0.25, 0.3) is 11.5 Å². The maximum Gasteiger partial charge on any atom is 0.251 e. The van der Waals surface area contributed by atoms with Crippen molar-refractivity contribution in [2.24, 2.45) is 0 Å². The Bertz CT molecular complexity index is 1110. The van der Waals surface area contributed by atoms with Gasteiger partial charge in [0.25, 0.3) is 5.89 Å². The van der Waals surface area contributed by atoms with Crippen LogP contribution < -0.4 is 4.74 Å². The van der Waals surface area contributed by atoms with Gasteiger partial charge in [-0.25, -0.2) is 18.4 Å². The topological polar surface area (TPSA) is 111 Å². The fraction of sp³-hybridized carbons (Fsp3) is 0.400. The van der Waals surface area contributed by atoms with Crippen molar-refractivity contribution in [3.63, 3.8) is 0 Å². The van der Waals surface area contributed by atoms with Crippen molar-refractivity contribution in [3.8, 4) is 17.2 Å². The van der Waals surface area contributed by atoms with E-state index < -0.39 is 10.0 Å². The summed E-state index contributed by atoms with van der Waals surface area (Å²) < 4.78 is 39.0. The smallest absolute Gasteiger partial charge is 0.251 e. The molecular weight excluding hydrogens is 406 g/mol. The van der Waals surface area contributed by atoms with Gasteiger partial charge in [0, 0.05) is 19.3 Å². The van der Waals surface area contributed by atoms with Crippen LogP contribution >= 0.6 is 0 Å². The Labute approximate surface area is 175 Å². The van der Waals surface area contributed by atoms with E-state index in [9.17, 15) is 8.42 Å². The van der Waals surface area contributed by atoms with Crippen molar-refractivity contribution in [3.05, 3.63) is 48.4 Å². The zero-order valence-electron chi connectivity index (χ0n) is 16.9. The molecule has 0 unspecified atom stereocenters. The van der Waals surface area contributed by atoms with Gasteiger partial charge in [0.15, 0.2) is 0 Å². The average Bonchev–Trinajstić information content (AvgIpc) is 3.25. The Kier molecular flexibility index (Phi) is 5.78. The van der Waals surface area contributed by atoms with Crippen molar-refractivity contribution < 1.29 is 17.6 Å². The fourth-order valence-electron chi connectivity index (χ4n) is 3.50. The second-order valence-electron chi connectivity index (χ2n) is 7.07. The molecule has 1 aromatic carbocycles. The van der Waals surface area contributed by atoms with Gasteiger partial charge >= 0.3 is 0 Å². The number of benzene rings is 1. The molecule has 158 valence electrons. The van der Waals surface area contributed by atoms with E-state index in [0.717, 1.165) is 12.1 Å². The van der Waals surface area contributed by atoms with E-state index >= 15 is 0 Å². The van der Waals surface area contributed by atoms with Gasteiger partial charge < -0.3 is 9.15 Å². The van der Waals surface area contributed by atoms with E-state index in [0.29, 0.717) is 49.2 Å². The Morgan fingerprint density at radius 2 is 2.03 bits per heavy atom. The predicted molar refractivity (Wildman–Crippen MR) is 108 cm³/mol. The zero-order chi connectivity index (χ0) is 21.1. The molecule has 4 rings (SSSR count). The first-order chi connectivity index (χ1) is 14.5. The second kappa shape index (κ2) is 8.49. The van der Waals surface area contributed by atoms with Crippen LogP contribution in [-0.2, 0) is 10.0 Å². The van der Waals surface area contributed by atoms with E-state index in [1.807, 2.05) is 13.8 Å². The quantitative estimate of drug-likeness (QED) is 0.588. The lowest BCUT2D eigenvalue weighted by molar-refractivity contribution is 0.286. The lowest BCUT2D eigenvalue weighted by Crippen LogP contribution is -2.39. The van der Waals surface area contributed by atoms with Gasteiger partial charge in [-0.15, -0.1) is 10.2 Å². The van der Waals surface area contributed by atoms with Gasteiger partial charge in [0.05, 0.1) is 28.7 Å². The van der Waals surface area contributed by atoms with Gasteiger partial charge in [-0.1, -0.05) is 0 Å². The van der Waals surface area contributed by atoms with Crippen molar-refractivity contribution in [1.29, 1.82) is 0 Å². The van der Waals surface area contributed by atoms with Crippen LogP contribution in [-0.4, -0.2) is 52.6 Å². The number of ether oxygens (including phenoxy) is 1. The first kappa shape index (κ1) is 20.4. The highest BCUT2D eigenvalue weighted by atomic mass is 32.2. The van der Waals surface area contributed by atoms with Crippen molar-refractivity contribution >= 4 is 10.0 Å². The SMILES string of the molecule is CCOc1ccc(S(=O)(=O)N2CCC[C@H](c3nnc(-c4cncnc4C)o3)C2)cc1. The molecule has 1 atom stereocenters. The zero-order valence-corrected chi connectivity index (χ0v) is 17.7. The molecule has 9 nitrogen and oxygen atoms in total. The number of nitrogens with zero attached hydrogens (tertiary/aromatic N) is 5. The molecule has 1 aliphatic rings.